The van der Waals surface area contributed by atoms with E-state index in [-0.39, 0.29) is 36.1 Å². The van der Waals surface area contributed by atoms with Gasteiger partial charge in [-0.05, 0) is 29.8 Å². The van der Waals surface area contributed by atoms with Gasteiger partial charge < -0.3 is 0 Å². The van der Waals surface area contributed by atoms with Crippen LogP contribution in [0.25, 0.3) is 5.69 Å². The smallest absolute Gasteiger partial charge is 0.265 e. The highest BCUT2D eigenvalue weighted by Crippen LogP contribution is 2.20. The van der Waals surface area contributed by atoms with Crippen molar-refractivity contribution >= 4 is 27.5 Å². The molecule has 2 aromatic carbocycles. The van der Waals surface area contributed by atoms with Gasteiger partial charge in [0.25, 0.3) is 10.0 Å². The average molecular weight is 410 g/mol. The number of nitrogens with one attached hydrogen (secondary N) is 1. The Kier molecular flexibility index (Phi) is 4.89. The quantitative estimate of drug-likeness (QED) is 0.629. The van der Waals surface area contributed by atoms with E-state index in [0.717, 1.165) is 11.3 Å². The second kappa shape index (κ2) is 7.51. The first-order valence-corrected chi connectivity index (χ1v) is 10.5. The molecule has 4 rings (SSSR count). The summed E-state index contributed by atoms with van der Waals surface area (Å²) in [6.45, 7) is 0.189. The zero-order valence-electron chi connectivity index (χ0n) is 15.4. The number of hydrogen-bond donors (Lipinski definition) is 1. The molecule has 1 aliphatic heterocycles. The number of sulfonamides is 1. The van der Waals surface area contributed by atoms with Crippen molar-refractivity contribution in [3.05, 3.63) is 72.6 Å². The number of nitrogens with zero attached hydrogens (tertiary/aromatic N) is 3. The molecular formula is C20H18N4O4S. The Hall–Kier alpha value is -3.46. The van der Waals surface area contributed by atoms with E-state index in [1.807, 2.05) is 30.3 Å². The molecule has 0 radical (unpaired) electrons. The lowest BCUT2D eigenvalue weighted by atomic mass is 10.2. The Morgan fingerprint density at radius 3 is 2.24 bits per heavy atom. The summed E-state index contributed by atoms with van der Waals surface area (Å²) < 4.78 is 29.3. The summed E-state index contributed by atoms with van der Waals surface area (Å²) in [5.74, 6) is -0.370. The third kappa shape index (κ3) is 4.04. The maximum atomic E-state index is 12.6. The second-order valence-corrected chi connectivity index (χ2v) is 8.31. The Morgan fingerprint density at radius 2 is 1.59 bits per heavy atom. The first-order chi connectivity index (χ1) is 13.9. The number of imide groups is 1. The molecule has 2 heterocycles. The highest BCUT2D eigenvalue weighted by atomic mass is 32.2. The number of likely N-dealkylation sites (tertiary alicyclic amines) is 1. The minimum atomic E-state index is -3.81. The number of aromatic nitrogens is 2. The van der Waals surface area contributed by atoms with Crippen LogP contribution >= 0.6 is 0 Å². The number of para-hydroxylation sites is 1. The van der Waals surface area contributed by atoms with E-state index in [2.05, 4.69) is 9.82 Å². The summed E-state index contributed by atoms with van der Waals surface area (Å²) in [4.78, 5) is 24.7. The topological polar surface area (TPSA) is 101 Å². The number of carbonyl (C=O) groups excluding carboxylic acids is 2. The summed E-state index contributed by atoms with van der Waals surface area (Å²) in [6.07, 6.45) is 3.21. The van der Waals surface area contributed by atoms with Crippen molar-refractivity contribution in [1.82, 2.24) is 14.7 Å². The normalized spacial score (nSPS) is 14.4. The minimum Gasteiger partial charge on any atom is -0.280 e. The SMILES string of the molecule is O=C1CCC(=O)N1Cc1ccc(NS(=O)(=O)c2cnn(-c3ccccc3)c2)cc1. The van der Waals surface area contributed by atoms with Crippen LogP contribution in [0.3, 0.4) is 0 Å². The van der Waals surface area contributed by atoms with Crippen LogP contribution in [0.2, 0.25) is 0 Å². The van der Waals surface area contributed by atoms with Crippen molar-refractivity contribution in [2.24, 2.45) is 0 Å². The van der Waals surface area contributed by atoms with Crippen molar-refractivity contribution in [1.29, 1.82) is 0 Å². The molecule has 29 heavy (non-hydrogen) atoms. The molecule has 0 atom stereocenters. The lowest BCUT2D eigenvalue weighted by Crippen LogP contribution is -2.28. The predicted octanol–water partition coefficient (Wildman–Crippen LogP) is 2.32. The molecule has 3 aromatic rings. The van der Waals surface area contributed by atoms with E-state index in [9.17, 15) is 18.0 Å². The maximum absolute atomic E-state index is 12.6. The molecule has 1 aliphatic rings. The van der Waals surface area contributed by atoms with Gasteiger partial charge in [0.15, 0.2) is 0 Å². The largest absolute Gasteiger partial charge is 0.280 e. The van der Waals surface area contributed by atoms with Gasteiger partial charge >= 0.3 is 0 Å². The molecular weight excluding hydrogens is 392 g/mol. The van der Waals surface area contributed by atoms with Crippen LogP contribution in [-0.4, -0.2) is 34.9 Å². The molecule has 0 aliphatic carbocycles. The molecule has 0 spiro atoms. The van der Waals surface area contributed by atoms with Gasteiger partial charge in [-0.25, -0.2) is 13.1 Å². The molecule has 1 aromatic heterocycles. The molecule has 8 nitrogen and oxygen atoms in total. The molecule has 0 unspecified atom stereocenters. The van der Waals surface area contributed by atoms with Gasteiger partial charge in [-0.15, -0.1) is 0 Å². The summed E-state index contributed by atoms with van der Waals surface area (Å²) in [6, 6.07) is 15.8. The molecule has 1 N–H and O–H groups in total. The van der Waals surface area contributed by atoms with Crippen LogP contribution in [0, 0.1) is 0 Å². The van der Waals surface area contributed by atoms with Crippen LogP contribution in [-0.2, 0) is 26.2 Å². The monoisotopic (exact) mass is 410 g/mol. The molecule has 1 fully saturated rings. The summed E-state index contributed by atoms with van der Waals surface area (Å²) >= 11 is 0. The summed E-state index contributed by atoms with van der Waals surface area (Å²) in [5.41, 5.74) is 1.87. The fraction of sp³-hybridized carbons (Fsp3) is 0.150. The van der Waals surface area contributed by atoms with Gasteiger partial charge in [-0.2, -0.15) is 5.10 Å². The first kappa shape index (κ1) is 18.9. The third-order valence-corrected chi connectivity index (χ3v) is 5.93. The number of hydrogen-bond acceptors (Lipinski definition) is 5. The van der Waals surface area contributed by atoms with E-state index in [1.165, 1.54) is 22.0 Å². The zero-order valence-corrected chi connectivity index (χ0v) is 16.2. The number of benzene rings is 2. The summed E-state index contributed by atoms with van der Waals surface area (Å²) in [5, 5.41) is 4.11. The van der Waals surface area contributed by atoms with Crippen molar-refractivity contribution in [3.63, 3.8) is 0 Å². The fourth-order valence-corrected chi connectivity index (χ4v) is 4.03. The molecule has 9 heteroatoms. The van der Waals surface area contributed by atoms with Crippen molar-refractivity contribution in [3.8, 4) is 5.69 Å². The second-order valence-electron chi connectivity index (χ2n) is 6.63. The van der Waals surface area contributed by atoms with Crippen LogP contribution in [0.5, 0.6) is 0 Å². The zero-order chi connectivity index (χ0) is 20.4. The number of carbonyl (C=O) groups is 2. The maximum Gasteiger partial charge on any atom is 0.265 e. The average Bonchev–Trinajstić information content (AvgIpc) is 3.33. The highest BCUT2D eigenvalue weighted by molar-refractivity contribution is 7.92. The Bertz CT molecular complexity index is 1140. The van der Waals surface area contributed by atoms with Crippen molar-refractivity contribution in [2.75, 3.05) is 4.72 Å². The van der Waals surface area contributed by atoms with Gasteiger partial charge in [0.2, 0.25) is 11.8 Å². The third-order valence-electron chi connectivity index (χ3n) is 4.59. The lowest BCUT2D eigenvalue weighted by molar-refractivity contribution is -0.139. The van der Waals surface area contributed by atoms with E-state index in [4.69, 9.17) is 0 Å². The van der Waals surface area contributed by atoms with Gasteiger partial charge in [0.05, 0.1) is 24.6 Å². The molecule has 1 saturated heterocycles. The molecule has 2 amide bonds. The van der Waals surface area contributed by atoms with Crippen LogP contribution in [0.1, 0.15) is 18.4 Å². The van der Waals surface area contributed by atoms with Crippen molar-refractivity contribution in [2.45, 2.75) is 24.3 Å². The van der Waals surface area contributed by atoms with Gasteiger partial charge in [-0.3, -0.25) is 19.2 Å². The van der Waals surface area contributed by atoms with Gasteiger partial charge in [-0.1, -0.05) is 30.3 Å². The van der Waals surface area contributed by atoms with E-state index >= 15 is 0 Å². The Balaban J connectivity index is 1.46. The first-order valence-electron chi connectivity index (χ1n) is 8.97. The van der Waals surface area contributed by atoms with Gasteiger partial charge in [0.1, 0.15) is 4.90 Å². The van der Waals surface area contributed by atoms with Crippen LogP contribution in [0.15, 0.2) is 71.9 Å². The van der Waals surface area contributed by atoms with Crippen LogP contribution < -0.4 is 4.72 Å². The summed E-state index contributed by atoms with van der Waals surface area (Å²) in [7, 11) is -3.81. The molecule has 0 bridgehead atoms. The lowest BCUT2D eigenvalue weighted by Gasteiger charge is -2.14. The highest BCUT2D eigenvalue weighted by Gasteiger charge is 2.28. The Morgan fingerprint density at radius 1 is 0.931 bits per heavy atom. The van der Waals surface area contributed by atoms with E-state index in [0.29, 0.717) is 5.69 Å². The number of anilines is 1. The molecule has 148 valence electrons. The van der Waals surface area contributed by atoms with E-state index in [1.54, 1.807) is 24.3 Å². The fourth-order valence-electron chi connectivity index (χ4n) is 3.04. The van der Waals surface area contributed by atoms with Crippen LogP contribution in [0.4, 0.5) is 5.69 Å². The van der Waals surface area contributed by atoms with Gasteiger partial charge in [0, 0.05) is 18.5 Å². The van der Waals surface area contributed by atoms with E-state index < -0.39 is 10.0 Å². The van der Waals surface area contributed by atoms with Crippen molar-refractivity contribution < 1.29 is 18.0 Å². The number of rotatable bonds is 6. The minimum absolute atomic E-state index is 0.0405. The predicted molar refractivity (Wildman–Crippen MR) is 106 cm³/mol. The number of amides is 2. The standard InChI is InChI=1S/C20H18N4O4S/c25-19-10-11-20(26)23(19)13-15-6-8-16(9-7-15)22-29(27,28)18-12-21-24(14-18)17-4-2-1-3-5-17/h1-9,12,14,22H,10-11,13H2. The Labute approximate surface area is 167 Å². The molecule has 0 saturated carbocycles.